The van der Waals surface area contributed by atoms with Crippen molar-refractivity contribution in [1.29, 1.82) is 0 Å². The van der Waals surface area contributed by atoms with Crippen molar-refractivity contribution in [2.45, 2.75) is 83.5 Å². The summed E-state index contributed by atoms with van der Waals surface area (Å²) in [6.07, 6.45) is 8.21. The second kappa shape index (κ2) is 5.18. The van der Waals surface area contributed by atoms with Crippen molar-refractivity contribution in [2.75, 3.05) is 6.54 Å². The maximum atomic E-state index is 13.7. The average molecular weight is 322 g/mol. The summed E-state index contributed by atoms with van der Waals surface area (Å²) in [5.41, 5.74) is 7.03. The number of carbonyl (C=O) groups excluding carboxylic acids is 1. The van der Waals surface area contributed by atoms with Crippen molar-refractivity contribution in [3.63, 3.8) is 0 Å². The van der Waals surface area contributed by atoms with Gasteiger partial charge >= 0.3 is 0 Å². The van der Waals surface area contributed by atoms with Crippen LogP contribution in [0.3, 0.4) is 0 Å². The first-order chi connectivity index (χ1) is 10.9. The lowest BCUT2D eigenvalue weighted by Gasteiger charge is -2.63. The smallest absolute Gasteiger partial charge is 0.240 e. The van der Waals surface area contributed by atoms with Crippen LogP contribution in [0.4, 0.5) is 4.39 Å². The Hall–Kier alpha value is -0.640. The Morgan fingerprint density at radius 3 is 2.43 bits per heavy atom. The van der Waals surface area contributed by atoms with Crippen molar-refractivity contribution in [3.8, 4) is 0 Å². The summed E-state index contributed by atoms with van der Waals surface area (Å²) in [5.74, 6) is 1.55. The third-order valence-electron chi connectivity index (χ3n) is 7.71. The van der Waals surface area contributed by atoms with Gasteiger partial charge in [0.15, 0.2) is 0 Å². The van der Waals surface area contributed by atoms with E-state index in [0.29, 0.717) is 11.8 Å². The molecular weight excluding hydrogens is 291 g/mol. The molecule has 0 aromatic carbocycles. The van der Waals surface area contributed by atoms with E-state index in [1.807, 2.05) is 6.92 Å². The van der Waals surface area contributed by atoms with Crippen LogP contribution in [-0.2, 0) is 4.79 Å². The van der Waals surface area contributed by atoms with E-state index in [-0.39, 0.29) is 23.9 Å². The Bertz CT molecular complexity index is 494. The van der Waals surface area contributed by atoms with Gasteiger partial charge < -0.3 is 10.6 Å². The molecule has 2 N–H and O–H groups in total. The average Bonchev–Trinajstić information content (AvgIpc) is 2.83. The zero-order chi connectivity index (χ0) is 16.4. The summed E-state index contributed by atoms with van der Waals surface area (Å²) in [4.78, 5) is 14.8. The van der Waals surface area contributed by atoms with Crippen LogP contribution in [0.25, 0.3) is 0 Å². The van der Waals surface area contributed by atoms with E-state index >= 15 is 0 Å². The van der Waals surface area contributed by atoms with Gasteiger partial charge in [0.25, 0.3) is 0 Å². The lowest BCUT2D eigenvalue weighted by molar-refractivity contribution is -0.153. The molecule has 0 spiro atoms. The SMILES string of the molecule is CCC12CC3CC(C1)CC([C@H](N)C(=O)N1C[C@@H](F)C[C@H]1C)(C3)C2. The molecule has 1 amide bonds. The number of nitrogens with two attached hydrogens (primary N) is 1. The summed E-state index contributed by atoms with van der Waals surface area (Å²) in [5, 5.41) is 0. The molecule has 0 radical (unpaired) electrons. The molecular formula is C19H31FN2O. The fraction of sp³-hybridized carbons (Fsp3) is 0.947. The molecule has 1 heterocycles. The van der Waals surface area contributed by atoms with Crippen LogP contribution in [-0.4, -0.2) is 35.6 Å². The molecule has 1 aliphatic heterocycles. The van der Waals surface area contributed by atoms with Gasteiger partial charge in [-0.1, -0.05) is 13.3 Å². The Morgan fingerprint density at radius 2 is 1.91 bits per heavy atom. The van der Waals surface area contributed by atoms with Gasteiger partial charge in [0.2, 0.25) is 5.91 Å². The van der Waals surface area contributed by atoms with E-state index < -0.39 is 12.2 Å². The molecule has 4 aliphatic carbocycles. The van der Waals surface area contributed by atoms with Gasteiger partial charge in [-0.2, -0.15) is 0 Å². The molecule has 1 saturated heterocycles. The van der Waals surface area contributed by atoms with Crippen LogP contribution < -0.4 is 5.73 Å². The fourth-order valence-electron chi connectivity index (χ4n) is 7.02. The molecule has 2 unspecified atom stereocenters. The summed E-state index contributed by atoms with van der Waals surface area (Å²) in [6, 6.07) is -0.426. The Labute approximate surface area is 139 Å². The molecule has 5 atom stereocenters. The maximum absolute atomic E-state index is 13.7. The summed E-state index contributed by atoms with van der Waals surface area (Å²) in [7, 11) is 0. The second-order valence-electron chi connectivity index (χ2n) is 9.33. The summed E-state index contributed by atoms with van der Waals surface area (Å²) >= 11 is 0. The van der Waals surface area contributed by atoms with E-state index in [1.54, 1.807) is 4.90 Å². The zero-order valence-electron chi connectivity index (χ0n) is 14.6. The van der Waals surface area contributed by atoms with Gasteiger partial charge in [-0.15, -0.1) is 0 Å². The molecule has 4 saturated carbocycles. The van der Waals surface area contributed by atoms with Gasteiger partial charge in [-0.05, 0) is 68.1 Å². The van der Waals surface area contributed by atoms with Crippen LogP contribution >= 0.6 is 0 Å². The molecule has 4 heteroatoms. The van der Waals surface area contributed by atoms with Crippen molar-refractivity contribution < 1.29 is 9.18 Å². The first kappa shape index (κ1) is 15.9. The highest BCUT2D eigenvalue weighted by atomic mass is 19.1. The lowest BCUT2D eigenvalue weighted by atomic mass is 9.42. The second-order valence-corrected chi connectivity index (χ2v) is 9.33. The van der Waals surface area contributed by atoms with Crippen LogP contribution in [0.1, 0.15) is 65.2 Å². The van der Waals surface area contributed by atoms with Crippen molar-refractivity contribution in [3.05, 3.63) is 0 Å². The highest BCUT2D eigenvalue weighted by molar-refractivity contribution is 5.83. The number of carbonyl (C=O) groups is 1. The number of amides is 1. The topological polar surface area (TPSA) is 46.3 Å². The zero-order valence-corrected chi connectivity index (χ0v) is 14.6. The van der Waals surface area contributed by atoms with Crippen LogP contribution in [0.5, 0.6) is 0 Å². The monoisotopic (exact) mass is 322 g/mol. The lowest BCUT2D eigenvalue weighted by Crippen LogP contribution is -2.62. The Balaban J connectivity index is 1.58. The highest BCUT2D eigenvalue weighted by Gasteiger charge is 2.60. The molecule has 0 aromatic rings. The third-order valence-corrected chi connectivity index (χ3v) is 7.71. The predicted octanol–water partition coefficient (Wildman–Crippen LogP) is 3.27. The normalized spacial score (nSPS) is 49.7. The van der Waals surface area contributed by atoms with E-state index in [9.17, 15) is 9.18 Å². The number of alkyl halides is 1. The minimum absolute atomic E-state index is 0.00222. The minimum Gasteiger partial charge on any atom is -0.336 e. The molecule has 0 aromatic heterocycles. The first-order valence-corrected chi connectivity index (χ1v) is 9.56. The van der Waals surface area contributed by atoms with Gasteiger partial charge in [-0.3, -0.25) is 4.79 Å². The van der Waals surface area contributed by atoms with Crippen molar-refractivity contribution in [1.82, 2.24) is 4.90 Å². The predicted molar refractivity (Wildman–Crippen MR) is 88.5 cm³/mol. The summed E-state index contributed by atoms with van der Waals surface area (Å²) < 4.78 is 13.7. The van der Waals surface area contributed by atoms with Crippen LogP contribution in [0.15, 0.2) is 0 Å². The van der Waals surface area contributed by atoms with Gasteiger partial charge in [0.1, 0.15) is 6.17 Å². The van der Waals surface area contributed by atoms with Gasteiger partial charge in [-0.25, -0.2) is 4.39 Å². The Kier molecular flexibility index (Phi) is 3.57. The summed E-state index contributed by atoms with van der Waals surface area (Å²) in [6.45, 7) is 4.51. The molecule has 5 rings (SSSR count). The number of likely N-dealkylation sites (tertiary alicyclic amines) is 1. The number of hydrogen-bond acceptors (Lipinski definition) is 2. The van der Waals surface area contributed by atoms with E-state index in [0.717, 1.165) is 31.1 Å². The van der Waals surface area contributed by atoms with Crippen molar-refractivity contribution >= 4 is 5.91 Å². The molecule has 5 fully saturated rings. The number of rotatable bonds is 3. The number of hydrogen-bond donors (Lipinski definition) is 1. The Morgan fingerprint density at radius 1 is 1.26 bits per heavy atom. The third kappa shape index (κ3) is 2.35. The number of halogens is 1. The molecule has 4 bridgehead atoms. The maximum Gasteiger partial charge on any atom is 0.240 e. The van der Waals surface area contributed by atoms with Gasteiger partial charge in [0.05, 0.1) is 12.6 Å². The molecule has 3 nitrogen and oxygen atoms in total. The quantitative estimate of drug-likeness (QED) is 0.867. The van der Waals surface area contributed by atoms with E-state index in [4.69, 9.17) is 5.73 Å². The van der Waals surface area contributed by atoms with Gasteiger partial charge in [0, 0.05) is 12.5 Å². The van der Waals surface area contributed by atoms with E-state index in [1.165, 1.54) is 25.7 Å². The van der Waals surface area contributed by atoms with Crippen molar-refractivity contribution in [2.24, 2.45) is 28.4 Å². The highest BCUT2D eigenvalue weighted by Crippen LogP contribution is 2.67. The number of nitrogens with zero attached hydrogens (tertiary/aromatic N) is 1. The van der Waals surface area contributed by atoms with Crippen LogP contribution in [0.2, 0.25) is 0 Å². The largest absolute Gasteiger partial charge is 0.336 e. The minimum atomic E-state index is -0.875. The standard InChI is InChI=1S/C19H31FN2O/c1-3-18-6-13-5-14(7-18)9-19(8-13,11-18)16(21)17(23)22-10-15(20)4-12(22)2/h12-16H,3-11,21H2,1-2H3/t12-,13?,14?,15+,16-,18?,19?/m1/s1. The van der Waals surface area contributed by atoms with E-state index in [2.05, 4.69) is 6.92 Å². The fourth-order valence-corrected chi connectivity index (χ4v) is 7.02. The molecule has 5 aliphatic rings. The van der Waals surface area contributed by atoms with Crippen LogP contribution in [0, 0.1) is 22.7 Å². The molecule has 23 heavy (non-hydrogen) atoms. The molecule has 130 valence electrons. The first-order valence-electron chi connectivity index (χ1n) is 9.56.